The molecule has 0 bridgehead atoms. The van der Waals surface area contributed by atoms with E-state index in [1.54, 1.807) is 31.6 Å². The third-order valence-electron chi connectivity index (χ3n) is 5.54. The van der Waals surface area contributed by atoms with Crippen molar-refractivity contribution < 1.29 is 14.3 Å². The molecule has 9 nitrogen and oxygen atoms in total. The normalized spacial score (nSPS) is 18.0. The molecular weight excluding hydrogens is 410 g/mol. The van der Waals surface area contributed by atoms with Crippen molar-refractivity contribution in [2.75, 3.05) is 20.3 Å². The minimum absolute atomic E-state index is 0.259. The van der Waals surface area contributed by atoms with E-state index in [2.05, 4.69) is 20.4 Å². The van der Waals surface area contributed by atoms with Gasteiger partial charge < -0.3 is 19.8 Å². The number of nitrogens with zero attached hydrogens (tertiary/aromatic N) is 3. The van der Waals surface area contributed by atoms with E-state index in [0.29, 0.717) is 17.1 Å². The molecule has 162 valence electrons. The number of pyridine rings is 1. The van der Waals surface area contributed by atoms with E-state index >= 15 is 0 Å². The van der Waals surface area contributed by atoms with E-state index in [-0.39, 0.29) is 24.7 Å². The maximum atomic E-state index is 12.9. The largest absolute Gasteiger partial charge is 0.497 e. The van der Waals surface area contributed by atoms with Gasteiger partial charge in [0.05, 0.1) is 32.1 Å². The van der Waals surface area contributed by atoms with Crippen LogP contribution in [0, 0.1) is 0 Å². The Kier molecular flexibility index (Phi) is 5.16. The first kappa shape index (κ1) is 20.0. The van der Waals surface area contributed by atoms with Gasteiger partial charge in [-0.3, -0.25) is 14.6 Å². The number of aromatic nitrogens is 4. The van der Waals surface area contributed by atoms with Gasteiger partial charge in [-0.15, -0.1) is 0 Å². The Labute approximate surface area is 183 Å². The number of aromatic amines is 1. The van der Waals surface area contributed by atoms with Crippen molar-refractivity contribution >= 4 is 16.8 Å². The SMILES string of the molecule is COc1ccc2cc(C(=O)NC3COCC3n3nc(-c4cccnc4)ccc3=O)[nH]c2c1. The lowest BCUT2D eigenvalue weighted by atomic mass is 10.1. The van der Waals surface area contributed by atoms with E-state index in [1.165, 1.54) is 10.7 Å². The Morgan fingerprint density at radius 3 is 2.94 bits per heavy atom. The van der Waals surface area contributed by atoms with E-state index < -0.39 is 12.1 Å². The van der Waals surface area contributed by atoms with Crippen molar-refractivity contribution in [2.24, 2.45) is 0 Å². The lowest BCUT2D eigenvalue weighted by Gasteiger charge is -2.20. The van der Waals surface area contributed by atoms with Crippen LogP contribution in [0.4, 0.5) is 0 Å². The summed E-state index contributed by atoms with van der Waals surface area (Å²) in [4.78, 5) is 32.7. The molecule has 1 fully saturated rings. The molecule has 1 amide bonds. The van der Waals surface area contributed by atoms with Gasteiger partial charge in [0.2, 0.25) is 0 Å². The van der Waals surface area contributed by atoms with Crippen LogP contribution in [0.15, 0.2) is 65.7 Å². The second kappa shape index (κ2) is 8.27. The summed E-state index contributed by atoms with van der Waals surface area (Å²) in [7, 11) is 1.59. The van der Waals surface area contributed by atoms with Crippen LogP contribution < -0.4 is 15.6 Å². The van der Waals surface area contributed by atoms with Gasteiger partial charge in [-0.1, -0.05) is 0 Å². The number of carbonyl (C=O) groups excluding carboxylic acids is 1. The van der Waals surface area contributed by atoms with E-state index in [1.807, 2.05) is 30.3 Å². The second-order valence-corrected chi connectivity index (χ2v) is 7.56. The highest BCUT2D eigenvalue weighted by atomic mass is 16.5. The third kappa shape index (κ3) is 3.74. The Balaban J connectivity index is 1.39. The number of rotatable bonds is 5. The van der Waals surface area contributed by atoms with Gasteiger partial charge in [-0.25, -0.2) is 4.68 Å². The molecule has 1 saturated heterocycles. The van der Waals surface area contributed by atoms with Gasteiger partial charge in [0.1, 0.15) is 17.5 Å². The van der Waals surface area contributed by atoms with Gasteiger partial charge in [0.25, 0.3) is 11.5 Å². The zero-order chi connectivity index (χ0) is 22.1. The number of benzene rings is 1. The number of hydrogen-bond acceptors (Lipinski definition) is 6. The lowest BCUT2D eigenvalue weighted by molar-refractivity contribution is 0.0920. The summed E-state index contributed by atoms with van der Waals surface area (Å²) < 4.78 is 12.2. The number of methoxy groups -OCH3 is 1. The molecule has 9 heteroatoms. The zero-order valence-corrected chi connectivity index (χ0v) is 17.3. The van der Waals surface area contributed by atoms with Crippen LogP contribution in [0.3, 0.4) is 0 Å². The lowest BCUT2D eigenvalue weighted by Crippen LogP contribution is -2.44. The van der Waals surface area contributed by atoms with Gasteiger partial charge in [0.15, 0.2) is 0 Å². The molecule has 0 radical (unpaired) electrons. The van der Waals surface area contributed by atoms with Crippen LogP contribution in [-0.2, 0) is 4.74 Å². The van der Waals surface area contributed by atoms with Gasteiger partial charge in [0, 0.05) is 41.0 Å². The number of H-pyrrole nitrogens is 1. The Morgan fingerprint density at radius 1 is 1.22 bits per heavy atom. The summed E-state index contributed by atoms with van der Waals surface area (Å²) in [6, 6.07) is 13.3. The quantitative estimate of drug-likeness (QED) is 0.501. The molecule has 4 aromatic rings. The van der Waals surface area contributed by atoms with E-state index in [0.717, 1.165) is 16.5 Å². The first-order chi connectivity index (χ1) is 15.6. The van der Waals surface area contributed by atoms with Gasteiger partial charge >= 0.3 is 0 Å². The monoisotopic (exact) mass is 431 g/mol. The number of nitrogens with one attached hydrogen (secondary N) is 2. The minimum atomic E-state index is -0.424. The molecule has 0 saturated carbocycles. The van der Waals surface area contributed by atoms with Crippen LogP contribution >= 0.6 is 0 Å². The summed E-state index contributed by atoms with van der Waals surface area (Å²) >= 11 is 0. The molecule has 32 heavy (non-hydrogen) atoms. The van der Waals surface area contributed by atoms with Crippen molar-refractivity contribution in [1.29, 1.82) is 0 Å². The molecule has 2 N–H and O–H groups in total. The van der Waals surface area contributed by atoms with E-state index in [9.17, 15) is 9.59 Å². The minimum Gasteiger partial charge on any atom is -0.497 e. The molecule has 3 aromatic heterocycles. The summed E-state index contributed by atoms with van der Waals surface area (Å²) in [6.07, 6.45) is 3.36. The highest BCUT2D eigenvalue weighted by molar-refractivity contribution is 5.98. The number of hydrogen-bond donors (Lipinski definition) is 2. The van der Waals surface area contributed by atoms with Crippen LogP contribution in [0.1, 0.15) is 16.5 Å². The van der Waals surface area contributed by atoms with Crippen molar-refractivity contribution in [3.05, 3.63) is 77.0 Å². The highest BCUT2D eigenvalue weighted by Crippen LogP contribution is 2.23. The van der Waals surface area contributed by atoms with Crippen molar-refractivity contribution in [1.82, 2.24) is 25.1 Å². The molecular formula is C23H21N5O4. The summed E-state index contributed by atoms with van der Waals surface area (Å²) in [6.45, 7) is 0.563. The van der Waals surface area contributed by atoms with E-state index in [4.69, 9.17) is 9.47 Å². The maximum absolute atomic E-state index is 12.9. The Bertz CT molecular complexity index is 1330. The van der Waals surface area contributed by atoms with Crippen LogP contribution in [0.25, 0.3) is 22.2 Å². The fraction of sp³-hybridized carbons (Fsp3) is 0.217. The Morgan fingerprint density at radius 2 is 2.12 bits per heavy atom. The molecule has 2 atom stereocenters. The predicted molar refractivity (Wildman–Crippen MR) is 118 cm³/mol. The molecule has 5 rings (SSSR count). The van der Waals surface area contributed by atoms with Crippen molar-refractivity contribution in [2.45, 2.75) is 12.1 Å². The van der Waals surface area contributed by atoms with Crippen LogP contribution in [-0.4, -0.2) is 52.0 Å². The second-order valence-electron chi connectivity index (χ2n) is 7.56. The fourth-order valence-corrected chi connectivity index (χ4v) is 3.85. The van der Waals surface area contributed by atoms with Crippen molar-refractivity contribution in [3.63, 3.8) is 0 Å². The molecule has 2 unspecified atom stereocenters. The number of amides is 1. The predicted octanol–water partition coefficient (Wildman–Crippen LogP) is 2.17. The smallest absolute Gasteiger partial charge is 0.268 e. The summed E-state index contributed by atoms with van der Waals surface area (Å²) in [5.41, 5.74) is 2.39. The molecule has 0 spiro atoms. The fourth-order valence-electron chi connectivity index (χ4n) is 3.85. The maximum Gasteiger partial charge on any atom is 0.268 e. The number of ether oxygens (including phenoxy) is 2. The molecule has 1 aromatic carbocycles. The van der Waals surface area contributed by atoms with Crippen molar-refractivity contribution in [3.8, 4) is 17.0 Å². The molecule has 4 heterocycles. The average Bonchev–Trinajstić information content (AvgIpc) is 3.46. The first-order valence-electron chi connectivity index (χ1n) is 10.2. The third-order valence-corrected chi connectivity index (χ3v) is 5.54. The van der Waals surface area contributed by atoms with Crippen LogP contribution in [0.2, 0.25) is 0 Å². The van der Waals surface area contributed by atoms with Gasteiger partial charge in [-0.2, -0.15) is 5.10 Å². The number of fused-ring (bicyclic) bond motifs is 1. The van der Waals surface area contributed by atoms with Gasteiger partial charge in [-0.05, 0) is 36.4 Å². The first-order valence-corrected chi connectivity index (χ1v) is 10.2. The molecule has 1 aliphatic rings. The summed E-state index contributed by atoms with van der Waals surface area (Å²) in [5, 5.41) is 8.40. The highest BCUT2D eigenvalue weighted by Gasteiger charge is 2.33. The standard InChI is InChI=1S/C23H21N5O4/c1-31-16-5-4-14-9-19(25-18(14)10-16)23(30)26-20-12-32-13-21(20)28-22(29)7-6-17(27-28)15-3-2-8-24-11-15/h2-11,20-21,25H,12-13H2,1H3,(H,26,30). The average molecular weight is 431 g/mol. The number of carbonyl (C=O) groups is 1. The summed E-state index contributed by atoms with van der Waals surface area (Å²) in [5.74, 6) is 0.423. The van der Waals surface area contributed by atoms with Crippen LogP contribution in [0.5, 0.6) is 5.75 Å². The Hall–Kier alpha value is -3.98. The zero-order valence-electron chi connectivity index (χ0n) is 17.3. The topological polar surface area (TPSA) is 111 Å². The molecule has 1 aliphatic heterocycles. The molecule has 0 aliphatic carbocycles.